The summed E-state index contributed by atoms with van der Waals surface area (Å²) in [5, 5.41) is 10.3. The van der Waals surface area contributed by atoms with Gasteiger partial charge in [-0.15, -0.1) is 6.42 Å². The Morgan fingerprint density at radius 3 is 2.54 bits per heavy atom. The van der Waals surface area contributed by atoms with Crippen LogP contribution in [0.5, 0.6) is 0 Å². The van der Waals surface area contributed by atoms with Crippen LogP contribution in [0.4, 0.5) is 5.69 Å². The highest BCUT2D eigenvalue weighted by Crippen LogP contribution is 2.50. The van der Waals surface area contributed by atoms with Gasteiger partial charge in [-0.05, 0) is 55.5 Å². The maximum absolute atomic E-state index is 14.1. The van der Waals surface area contributed by atoms with Crippen LogP contribution in [-0.4, -0.2) is 61.1 Å². The lowest BCUT2D eigenvalue weighted by molar-refractivity contribution is 0.0602. The van der Waals surface area contributed by atoms with E-state index in [1.807, 2.05) is 18.2 Å². The first-order valence-electron chi connectivity index (χ1n) is 13.5. The predicted molar refractivity (Wildman–Crippen MR) is 143 cm³/mol. The van der Waals surface area contributed by atoms with E-state index < -0.39 is 0 Å². The summed E-state index contributed by atoms with van der Waals surface area (Å²) in [4.78, 5) is 22.7. The van der Waals surface area contributed by atoms with E-state index in [1.54, 1.807) is 6.07 Å². The molecule has 37 heavy (non-hydrogen) atoms. The largest absolute Gasteiger partial charge is 0.381 e. The molecule has 6 nitrogen and oxygen atoms in total. The number of hydrogen-bond acceptors (Lipinski definition) is 5. The van der Waals surface area contributed by atoms with Gasteiger partial charge in [0.15, 0.2) is 5.78 Å². The summed E-state index contributed by atoms with van der Waals surface area (Å²) in [5.74, 6) is 2.92. The van der Waals surface area contributed by atoms with E-state index in [9.17, 15) is 10.1 Å². The van der Waals surface area contributed by atoms with Gasteiger partial charge in [0.25, 0.3) is 0 Å². The van der Waals surface area contributed by atoms with E-state index in [4.69, 9.17) is 11.2 Å². The maximum atomic E-state index is 14.1. The van der Waals surface area contributed by atoms with E-state index in [0.29, 0.717) is 24.3 Å². The Balaban J connectivity index is 1.36. The van der Waals surface area contributed by atoms with Crippen LogP contribution >= 0.6 is 0 Å². The second-order valence-corrected chi connectivity index (χ2v) is 10.9. The number of aromatic amines is 1. The lowest BCUT2D eigenvalue weighted by Crippen LogP contribution is -2.52. The fourth-order valence-corrected chi connectivity index (χ4v) is 7.00. The number of nitriles is 1. The second-order valence-electron chi connectivity index (χ2n) is 10.9. The topological polar surface area (TPSA) is 72.4 Å². The van der Waals surface area contributed by atoms with Gasteiger partial charge in [-0.25, -0.2) is 0 Å². The van der Waals surface area contributed by atoms with Crippen molar-refractivity contribution >= 4 is 22.4 Å². The number of ether oxygens (including phenoxy) is 1. The summed E-state index contributed by atoms with van der Waals surface area (Å²) in [6, 6.07) is 12.7. The number of H-pyrrole nitrogens is 1. The summed E-state index contributed by atoms with van der Waals surface area (Å²) in [6.07, 6.45) is 11.6. The predicted octanol–water partition coefficient (Wildman–Crippen LogP) is 4.34. The molecule has 3 heterocycles. The van der Waals surface area contributed by atoms with Crippen molar-refractivity contribution in [3.05, 3.63) is 63.8 Å². The van der Waals surface area contributed by atoms with Crippen LogP contribution < -0.4 is 4.90 Å². The number of fused-ring (bicyclic) bond motifs is 6. The molecule has 6 heteroatoms. The van der Waals surface area contributed by atoms with E-state index >= 15 is 0 Å². The van der Waals surface area contributed by atoms with Gasteiger partial charge in [0, 0.05) is 78.6 Å². The van der Waals surface area contributed by atoms with Gasteiger partial charge in [0.2, 0.25) is 0 Å². The van der Waals surface area contributed by atoms with Gasteiger partial charge >= 0.3 is 0 Å². The van der Waals surface area contributed by atoms with E-state index in [2.05, 4.69) is 32.8 Å². The highest BCUT2D eigenvalue weighted by molar-refractivity contribution is 6.20. The quantitative estimate of drug-likeness (QED) is 0.541. The maximum Gasteiger partial charge on any atom is 0.195 e. The highest BCUT2D eigenvalue weighted by Gasteiger charge is 2.47. The minimum atomic E-state index is -0.349. The number of nitrogens with one attached hydrogen (secondary N) is 1. The molecule has 0 amide bonds. The van der Waals surface area contributed by atoms with Crippen molar-refractivity contribution in [1.82, 2.24) is 9.88 Å². The highest BCUT2D eigenvalue weighted by atomic mass is 16.5. The zero-order chi connectivity index (χ0) is 25.1. The first kappa shape index (κ1) is 22.6. The Kier molecular flexibility index (Phi) is 5.18. The minimum absolute atomic E-state index is 0.0101. The molecular weight excluding hydrogens is 460 g/mol. The molecule has 0 atom stereocenters. The van der Waals surface area contributed by atoms with Crippen LogP contribution in [0.15, 0.2) is 30.3 Å². The molecule has 2 aliphatic heterocycles. The van der Waals surface area contributed by atoms with E-state index in [1.165, 1.54) is 19.3 Å². The van der Waals surface area contributed by atoms with Crippen LogP contribution in [0.25, 0.3) is 10.9 Å². The van der Waals surface area contributed by atoms with Crippen molar-refractivity contribution in [2.45, 2.75) is 43.6 Å². The Morgan fingerprint density at radius 2 is 1.86 bits per heavy atom. The third-order valence-corrected chi connectivity index (χ3v) is 9.28. The molecule has 2 aliphatic carbocycles. The number of piperazine rings is 1. The van der Waals surface area contributed by atoms with Gasteiger partial charge in [0.05, 0.1) is 22.9 Å². The summed E-state index contributed by atoms with van der Waals surface area (Å²) in [7, 11) is 0. The molecule has 7 rings (SSSR count). The molecule has 0 bridgehead atoms. The van der Waals surface area contributed by atoms with Crippen molar-refractivity contribution in [1.29, 1.82) is 5.26 Å². The number of nitrogens with zero attached hydrogens (tertiary/aromatic N) is 3. The average molecular weight is 491 g/mol. The zero-order valence-corrected chi connectivity index (χ0v) is 21.0. The summed E-state index contributed by atoms with van der Waals surface area (Å²) in [5.41, 5.74) is 6.39. The Hall–Kier alpha value is -3.58. The Morgan fingerprint density at radius 1 is 1.08 bits per heavy atom. The minimum Gasteiger partial charge on any atom is -0.381 e. The first-order chi connectivity index (χ1) is 18.1. The summed E-state index contributed by atoms with van der Waals surface area (Å²) in [6.45, 7) is 5.27. The van der Waals surface area contributed by atoms with Crippen molar-refractivity contribution in [2.75, 3.05) is 44.3 Å². The molecular formula is C31H30N4O2. The van der Waals surface area contributed by atoms with Gasteiger partial charge in [0.1, 0.15) is 0 Å². The van der Waals surface area contributed by atoms with Crippen molar-refractivity contribution < 1.29 is 9.53 Å². The number of aromatic nitrogens is 1. The van der Waals surface area contributed by atoms with Crippen LogP contribution in [0.2, 0.25) is 0 Å². The fourth-order valence-electron chi connectivity index (χ4n) is 7.00. The molecule has 2 aromatic carbocycles. The summed E-state index contributed by atoms with van der Waals surface area (Å²) >= 11 is 0. The number of benzene rings is 2. The zero-order valence-electron chi connectivity index (χ0n) is 21.0. The summed E-state index contributed by atoms with van der Waals surface area (Å²) < 4.78 is 5.82. The fraction of sp³-hybridized carbons (Fsp3) is 0.419. The molecule has 1 aromatic heterocycles. The van der Waals surface area contributed by atoms with E-state index in [0.717, 1.165) is 84.0 Å². The molecule has 186 valence electrons. The first-order valence-corrected chi connectivity index (χ1v) is 13.5. The van der Waals surface area contributed by atoms with Gasteiger partial charge < -0.3 is 14.6 Å². The van der Waals surface area contributed by atoms with Gasteiger partial charge in [-0.3, -0.25) is 9.69 Å². The number of anilines is 1. The monoisotopic (exact) mass is 490 g/mol. The number of hydrogen-bond donors (Lipinski definition) is 1. The Labute approximate surface area is 217 Å². The van der Waals surface area contributed by atoms with Gasteiger partial charge in [-0.2, -0.15) is 5.26 Å². The van der Waals surface area contributed by atoms with Crippen LogP contribution in [0.3, 0.4) is 0 Å². The molecule has 1 N–H and O–H groups in total. The molecule has 1 saturated carbocycles. The Bertz CT molecular complexity index is 1500. The van der Waals surface area contributed by atoms with Crippen molar-refractivity contribution in [3.8, 4) is 18.4 Å². The standard InChI is InChI=1S/C31H30N4O2/c1-2-21-17-24-25(18-27(21)35-12-10-34(11-13-35)22-4-3-5-22)31(8-14-37-15-9-31)30-28(29(24)36)23-7-6-20(19-32)16-26(23)33-30/h1,6-7,16-18,22,33H,3-5,8-15H2. The molecule has 2 saturated heterocycles. The number of ketones is 1. The van der Waals surface area contributed by atoms with Crippen molar-refractivity contribution in [3.63, 3.8) is 0 Å². The number of terminal acetylenes is 1. The molecule has 1 spiro atoms. The van der Waals surface area contributed by atoms with Gasteiger partial charge in [-0.1, -0.05) is 18.4 Å². The number of carbonyl (C=O) groups excluding carboxylic acids is 1. The third-order valence-electron chi connectivity index (χ3n) is 9.28. The molecule has 0 radical (unpaired) electrons. The molecule has 4 aliphatic rings. The lowest BCUT2D eigenvalue weighted by Gasteiger charge is -2.45. The third kappa shape index (κ3) is 3.29. The number of rotatable bonds is 2. The SMILES string of the molecule is C#Cc1cc2c(cc1N1CCN(C3CCC3)CC1)C1(CCOCC1)c1[nH]c3cc(C#N)ccc3c1C2=O. The smallest absolute Gasteiger partial charge is 0.195 e. The molecule has 3 aromatic rings. The van der Waals surface area contributed by atoms with Crippen LogP contribution in [-0.2, 0) is 10.2 Å². The second kappa shape index (κ2) is 8.48. The molecule has 3 fully saturated rings. The van der Waals surface area contributed by atoms with Crippen molar-refractivity contribution in [2.24, 2.45) is 0 Å². The number of carbonyl (C=O) groups is 1. The van der Waals surface area contributed by atoms with Crippen LogP contribution in [0.1, 0.15) is 70.4 Å². The average Bonchev–Trinajstić information content (AvgIpc) is 3.31. The normalized spacial score (nSPS) is 21.2. The van der Waals surface area contributed by atoms with Crippen LogP contribution in [0, 0.1) is 23.7 Å². The van der Waals surface area contributed by atoms with E-state index in [-0.39, 0.29) is 11.2 Å². The lowest BCUT2D eigenvalue weighted by atomic mass is 9.64. The molecule has 0 unspecified atom stereocenters.